The van der Waals surface area contributed by atoms with E-state index in [2.05, 4.69) is 70.6 Å². The molecule has 41 nitrogen and oxygen atoms in total. The van der Waals surface area contributed by atoms with Crippen LogP contribution in [0.4, 0.5) is 0 Å². The maximum absolute atomic E-state index is 14.8. The summed E-state index contributed by atoms with van der Waals surface area (Å²) in [5, 5.41) is 197. The Kier molecular flexibility index (Phi) is 46.8. The van der Waals surface area contributed by atoms with Gasteiger partial charge >= 0.3 is 0 Å². The Morgan fingerprint density at radius 2 is 0.622 bits per heavy atom. The zero-order chi connectivity index (χ0) is 88.5. The van der Waals surface area contributed by atoms with Gasteiger partial charge in [-0.15, -0.1) is 0 Å². The molecule has 0 unspecified atom stereocenters. The molecular weight excluding hydrogens is 1570 g/mol. The summed E-state index contributed by atoms with van der Waals surface area (Å²) in [6.45, 7) is 1.26. The van der Waals surface area contributed by atoms with Gasteiger partial charge in [-0.25, -0.2) is 0 Å². The lowest BCUT2D eigenvalue weighted by molar-refractivity contribution is -0.173. The van der Waals surface area contributed by atoms with Crippen LogP contribution in [-0.2, 0) is 57.5 Å². The second-order valence-corrected chi connectivity index (χ2v) is 32.6. The van der Waals surface area contributed by atoms with Crippen molar-refractivity contribution in [2.45, 2.75) is 364 Å². The van der Waals surface area contributed by atoms with Gasteiger partial charge in [-0.1, -0.05) is 84.0 Å². The van der Waals surface area contributed by atoms with Crippen LogP contribution in [0.15, 0.2) is 5.10 Å². The first-order valence-corrected chi connectivity index (χ1v) is 42.3. The summed E-state index contributed by atoms with van der Waals surface area (Å²) < 4.78 is 0. The van der Waals surface area contributed by atoms with E-state index < -0.39 is 230 Å². The number of amides is 11. The summed E-state index contributed by atoms with van der Waals surface area (Å²) in [7, 11) is 0. The molecule has 0 saturated heterocycles. The number of carbonyl (C=O) groups excluding carboxylic acids is 12. The smallest absolute Gasteiger partial charge is 0.252 e. The molecule has 0 bridgehead atoms. The van der Waals surface area contributed by atoms with Gasteiger partial charge in [0, 0.05) is 110 Å². The predicted octanol–water partition coefficient (Wildman–Crippen LogP) is -6.98. The number of hydrazone groups is 1. The number of rotatable bonds is 57. The van der Waals surface area contributed by atoms with Crippen LogP contribution in [0.1, 0.15) is 244 Å². The molecule has 0 radical (unpaired) electrons. The molecule has 4 aliphatic carbocycles. The van der Waals surface area contributed by atoms with Crippen LogP contribution >= 0.6 is 0 Å². The van der Waals surface area contributed by atoms with Crippen molar-refractivity contribution >= 4 is 77.0 Å². The largest absolute Gasteiger partial charge is 0.390 e. The van der Waals surface area contributed by atoms with Crippen molar-refractivity contribution in [2.75, 3.05) is 45.8 Å². The van der Waals surface area contributed by atoms with Gasteiger partial charge in [-0.05, 0) is 89.9 Å². The highest BCUT2D eigenvalue weighted by Gasteiger charge is 2.53. The number of Topliss-reactive ketones (excluding diaryl/α,β-unsaturated/α-hetero) is 1. The fourth-order valence-corrected chi connectivity index (χ4v) is 14.9. The molecule has 0 aromatic rings. The number of aliphatic hydroxyl groups excluding tert-OH is 12. The summed E-state index contributed by atoms with van der Waals surface area (Å²) >= 11 is 0. The number of nitrogens with two attached hydrogens (primary N) is 1. The zero-order valence-electron chi connectivity index (χ0n) is 68.5. The lowest BCUT2D eigenvalue weighted by atomic mass is 9.79. The molecule has 12 atom stereocenters. The van der Waals surface area contributed by atoms with Crippen molar-refractivity contribution in [3.63, 3.8) is 0 Å². The minimum Gasteiger partial charge on any atom is -0.390 e. The van der Waals surface area contributed by atoms with Crippen LogP contribution in [0.2, 0.25) is 0 Å². The fraction of sp³-hybridized carbons (Fsp3) is 0.833. The van der Waals surface area contributed by atoms with E-state index >= 15 is 0 Å². The van der Waals surface area contributed by atoms with Gasteiger partial charge in [0.2, 0.25) is 41.4 Å². The summed E-state index contributed by atoms with van der Waals surface area (Å²) in [5.74, 6) is -10.2. The van der Waals surface area contributed by atoms with E-state index in [1.807, 2.05) is 0 Å². The van der Waals surface area contributed by atoms with Gasteiger partial charge in [0.25, 0.3) is 23.6 Å². The van der Waals surface area contributed by atoms with Crippen LogP contribution in [0.25, 0.3) is 0 Å². The summed E-state index contributed by atoms with van der Waals surface area (Å²) in [4.78, 5) is 161. The number of unbranched alkanes of at least 4 members (excludes halogenated alkanes) is 16. The van der Waals surface area contributed by atoms with Gasteiger partial charge < -0.3 is 146 Å². The Morgan fingerprint density at radius 1 is 0.328 bits per heavy atom. The lowest BCUT2D eigenvalue weighted by Gasteiger charge is -2.39. The molecule has 4 saturated carbocycles. The molecule has 4 fully saturated rings. The molecule has 0 aliphatic heterocycles. The van der Waals surface area contributed by atoms with Crippen molar-refractivity contribution in [3.05, 3.63) is 0 Å². The third-order valence-corrected chi connectivity index (χ3v) is 22.2. The van der Waals surface area contributed by atoms with Crippen molar-refractivity contribution in [3.8, 4) is 0 Å². The molecule has 0 spiro atoms. The van der Waals surface area contributed by atoms with E-state index in [-0.39, 0.29) is 141 Å². The van der Waals surface area contributed by atoms with E-state index in [1.54, 1.807) is 0 Å². The number of primary amides is 1. The van der Waals surface area contributed by atoms with Crippen LogP contribution < -0.4 is 64.3 Å². The second kappa shape index (κ2) is 53.5. The molecule has 682 valence electrons. The maximum Gasteiger partial charge on any atom is 0.252 e. The van der Waals surface area contributed by atoms with Crippen molar-refractivity contribution in [2.24, 2.45) is 10.8 Å². The molecule has 29 N–H and O–H groups in total. The molecule has 4 aliphatic rings. The minimum atomic E-state index is -2.62. The van der Waals surface area contributed by atoms with E-state index in [1.165, 1.54) is 57.8 Å². The average Bonchev–Trinajstić information content (AvgIpc) is 0.814. The maximum atomic E-state index is 14.8. The Labute approximate surface area is 693 Å². The topological polar surface area (TPSA) is 699 Å². The minimum absolute atomic E-state index is 0.0236. The van der Waals surface area contributed by atoms with Gasteiger partial charge in [-0.2, -0.15) is 5.10 Å². The number of carbonyl (C=O) groups is 12. The average molecular weight is 1710 g/mol. The van der Waals surface area contributed by atoms with Crippen molar-refractivity contribution < 1.29 is 139 Å². The predicted molar refractivity (Wildman–Crippen MR) is 425 cm³/mol. The fourth-order valence-electron chi connectivity index (χ4n) is 14.9. The van der Waals surface area contributed by atoms with E-state index in [9.17, 15) is 139 Å². The highest BCUT2D eigenvalue weighted by Crippen LogP contribution is 2.34. The van der Waals surface area contributed by atoms with Gasteiger partial charge in [-0.3, -0.25) is 57.5 Å². The number of ketones is 1. The molecule has 119 heavy (non-hydrogen) atoms. The standard InChI is InChI=1S/C78H137N13O28/c1-2-3-4-5-6-7-8-9-10-11-12-13-14-29-61(102)80-35-23-24-47(92)45-86-87-46-62(103)81-31-19-15-25-48(67(108)83-36-30-60(79)101)88-69(110)50(89-70(111)51(91-74(115)78(119)43-58(99)66(107)59(100)44-78)28-18-22-34-85-72(113)76(117)39-54(95)64(105)55(96)40-76)27-16-20-32-82-68(109)49(90-73(114)77(118)41-56(97)65(106)57(98)42-77)26-17-21-33-84-71(112)75(116)37-52(93)63(104)53(94)38-75/h45,48-59,63-66,87,93-100,104-107,116-119H,2-44,46H2,1H3,(H2,79,101)(H,80,102)(H,81,103)(H,82,109)(H,83,108)(H,84,112)(H,85,113)(H,88,110)(H,89,111)(H,90,114)(H,91,115)/b86-45+/t48-,49-,50-,51-,52+,53+,54+,55+,56+,57+,58+,59+,63?,64?,65?,66?,75?,76?,77?,78?/m0/s1. The number of nitrogens with one attached hydrogen (secondary N) is 11. The van der Waals surface area contributed by atoms with E-state index in [0.29, 0.717) is 19.4 Å². The van der Waals surface area contributed by atoms with Crippen molar-refractivity contribution in [1.82, 2.24) is 58.6 Å². The molecule has 41 heteroatoms. The Bertz CT molecular complexity index is 3170. The van der Waals surface area contributed by atoms with E-state index in [4.69, 9.17) is 5.73 Å². The molecule has 0 heterocycles. The van der Waals surface area contributed by atoms with Gasteiger partial charge in [0.1, 0.15) is 77.5 Å². The van der Waals surface area contributed by atoms with Gasteiger partial charge in [0.15, 0.2) is 5.78 Å². The molecule has 4 rings (SSSR count). The zero-order valence-corrected chi connectivity index (χ0v) is 68.5. The van der Waals surface area contributed by atoms with Crippen LogP contribution in [-0.4, -0.2) is 324 Å². The van der Waals surface area contributed by atoms with Crippen LogP contribution in [0.5, 0.6) is 0 Å². The Hall–Kier alpha value is -7.33. The third kappa shape index (κ3) is 37.1. The van der Waals surface area contributed by atoms with E-state index in [0.717, 1.165) is 31.9 Å². The molecule has 0 aromatic heterocycles. The third-order valence-electron chi connectivity index (χ3n) is 22.2. The Morgan fingerprint density at radius 3 is 0.992 bits per heavy atom. The van der Waals surface area contributed by atoms with Crippen LogP contribution in [0, 0.1) is 0 Å². The Balaban J connectivity index is 1.47. The van der Waals surface area contributed by atoms with Gasteiger partial charge in [0.05, 0.1) is 55.0 Å². The lowest BCUT2D eigenvalue weighted by Crippen LogP contribution is -2.62. The number of hydrogen-bond acceptors (Lipinski definition) is 30. The molecule has 11 amide bonds. The first-order valence-electron chi connectivity index (χ1n) is 42.3. The quantitative estimate of drug-likeness (QED) is 0.0153. The highest BCUT2D eigenvalue weighted by molar-refractivity contribution is 6.27. The highest BCUT2D eigenvalue weighted by atomic mass is 16.4. The van der Waals surface area contributed by atoms with Crippen molar-refractivity contribution in [1.29, 1.82) is 0 Å². The summed E-state index contributed by atoms with van der Waals surface area (Å²) in [5.41, 5.74) is -1.87. The second-order valence-electron chi connectivity index (χ2n) is 32.6. The summed E-state index contributed by atoms with van der Waals surface area (Å²) in [6, 6.07) is -6.35. The molecule has 0 aromatic carbocycles. The number of hydrogen-bond donors (Lipinski definition) is 28. The summed E-state index contributed by atoms with van der Waals surface area (Å²) in [6.07, 6.45) is -10.0. The number of nitrogens with zero attached hydrogens (tertiary/aromatic N) is 1. The van der Waals surface area contributed by atoms with Crippen LogP contribution in [0.3, 0.4) is 0 Å². The first kappa shape index (κ1) is 104. The normalized spacial score (nSPS) is 27.9. The SMILES string of the molecule is CCCCCCCCCCCCCCCC(=O)NCCCC(=O)/C=N/NCC(=O)NCCCC[C@H](NC(=O)[C@H](CCCCNC(=O)[C@H](CCCCNC(=O)C1(O)C[C@@H](O)C(O)[C@H](O)C1)NC(=O)C1(O)C[C@@H](O)C(O)[C@H](O)C1)NC(=O)[C@H](CCCCNC(=O)C1(O)C[C@@H](O)C(O)[C@H](O)C1)NC(=O)C1(O)C[C@@H](O)C(O)[C@H](O)C1)C(=O)NCCC(N)=O. The molecular formula is C78H137N13O28. The first-order chi connectivity index (χ1) is 56.3. The number of aliphatic hydroxyl groups is 16. The monoisotopic (exact) mass is 1700 g/mol.